The van der Waals surface area contributed by atoms with Crippen LogP contribution in [0.5, 0.6) is 0 Å². The lowest BCUT2D eigenvalue weighted by Crippen LogP contribution is -2.44. The molecule has 1 atom stereocenters. The van der Waals surface area contributed by atoms with E-state index in [1.54, 1.807) is 7.11 Å². The average Bonchev–Trinajstić information content (AvgIpc) is 2.51. The third-order valence-corrected chi connectivity index (χ3v) is 5.49. The smallest absolute Gasteiger partial charge is 0.0587 e. The fourth-order valence-corrected chi connectivity index (χ4v) is 3.82. The van der Waals surface area contributed by atoms with E-state index < -0.39 is 0 Å². The standard InChI is InChI=1S/C18H37NO2/c1-5-6-7-17-8-10-18(11-9-17,16(2)14-21-4)15-19-12-13-20-3/h16-17,19H,5-15H2,1-4H3. The molecule has 1 aliphatic rings. The highest BCUT2D eigenvalue weighted by Crippen LogP contribution is 2.45. The zero-order valence-corrected chi connectivity index (χ0v) is 14.7. The fourth-order valence-electron chi connectivity index (χ4n) is 3.82. The molecule has 0 aromatic heterocycles. The van der Waals surface area contributed by atoms with Gasteiger partial charge in [0.1, 0.15) is 0 Å². The molecule has 0 aromatic carbocycles. The number of hydrogen-bond acceptors (Lipinski definition) is 3. The molecule has 0 bridgehead atoms. The van der Waals surface area contributed by atoms with Gasteiger partial charge in [-0.3, -0.25) is 0 Å². The summed E-state index contributed by atoms with van der Waals surface area (Å²) in [4.78, 5) is 0. The van der Waals surface area contributed by atoms with Crippen molar-refractivity contribution in [1.82, 2.24) is 5.32 Å². The second kappa shape index (κ2) is 10.6. The Balaban J connectivity index is 2.50. The van der Waals surface area contributed by atoms with Gasteiger partial charge in [-0.1, -0.05) is 33.1 Å². The van der Waals surface area contributed by atoms with Crippen molar-refractivity contribution in [3.63, 3.8) is 0 Å². The fraction of sp³-hybridized carbons (Fsp3) is 1.00. The second-order valence-corrected chi connectivity index (χ2v) is 6.97. The van der Waals surface area contributed by atoms with Crippen LogP contribution in [0.2, 0.25) is 0 Å². The largest absolute Gasteiger partial charge is 0.384 e. The van der Waals surface area contributed by atoms with Crippen molar-refractivity contribution in [1.29, 1.82) is 0 Å². The van der Waals surface area contributed by atoms with Gasteiger partial charge in [-0.2, -0.15) is 0 Å². The molecule has 1 fully saturated rings. The summed E-state index contributed by atoms with van der Waals surface area (Å²) in [6, 6.07) is 0. The van der Waals surface area contributed by atoms with Gasteiger partial charge in [0.2, 0.25) is 0 Å². The van der Waals surface area contributed by atoms with Gasteiger partial charge < -0.3 is 14.8 Å². The molecule has 0 radical (unpaired) electrons. The normalized spacial score (nSPS) is 27.7. The number of rotatable bonds is 11. The highest BCUT2D eigenvalue weighted by Gasteiger charge is 2.39. The van der Waals surface area contributed by atoms with Gasteiger partial charge in [-0.25, -0.2) is 0 Å². The van der Waals surface area contributed by atoms with Gasteiger partial charge in [0.25, 0.3) is 0 Å². The molecule has 126 valence electrons. The Hall–Kier alpha value is -0.120. The Bertz CT molecular complexity index is 250. The van der Waals surface area contributed by atoms with Crippen LogP contribution in [0, 0.1) is 17.3 Å². The zero-order chi connectivity index (χ0) is 15.6. The minimum atomic E-state index is 0.423. The molecule has 0 spiro atoms. The zero-order valence-electron chi connectivity index (χ0n) is 14.7. The summed E-state index contributed by atoms with van der Waals surface area (Å²) in [5.74, 6) is 1.59. The molecule has 0 amide bonds. The predicted octanol–water partition coefficient (Wildman–Crippen LogP) is 3.87. The Kier molecular flexibility index (Phi) is 9.54. The van der Waals surface area contributed by atoms with Crippen molar-refractivity contribution in [2.24, 2.45) is 17.3 Å². The molecule has 3 nitrogen and oxygen atoms in total. The SMILES string of the molecule is CCCCC1CCC(CNCCOC)(C(C)COC)CC1. The Labute approximate surface area is 132 Å². The van der Waals surface area contributed by atoms with Crippen LogP contribution in [0.3, 0.4) is 0 Å². The third kappa shape index (κ3) is 6.25. The van der Waals surface area contributed by atoms with Gasteiger partial charge >= 0.3 is 0 Å². The van der Waals surface area contributed by atoms with Crippen LogP contribution in [0.1, 0.15) is 58.8 Å². The molecule has 0 heterocycles. The van der Waals surface area contributed by atoms with E-state index in [9.17, 15) is 0 Å². The summed E-state index contributed by atoms with van der Waals surface area (Å²) < 4.78 is 10.6. The molecule has 0 saturated heterocycles. The van der Waals surface area contributed by atoms with Gasteiger partial charge in [0.15, 0.2) is 0 Å². The van der Waals surface area contributed by atoms with Gasteiger partial charge in [-0.05, 0) is 42.9 Å². The maximum Gasteiger partial charge on any atom is 0.0587 e. The predicted molar refractivity (Wildman–Crippen MR) is 89.7 cm³/mol. The Morgan fingerprint density at radius 1 is 1.19 bits per heavy atom. The van der Waals surface area contributed by atoms with E-state index in [4.69, 9.17) is 9.47 Å². The first-order valence-electron chi connectivity index (χ1n) is 8.87. The van der Waals surface area contributed by atoms with E-state index >= 15 is 0 Å². The molecule has 0 aromatic rings. The Morgan fingerprint density at radius 3 is 2.48 bits per heavy atom. The number of nitrogens with one attached hydrogen (secondary N) is 1. The quantitative estimate of drug-likeness (QED) is 0.587. The first kappa shape index (κ1) is 18.9. The molecule has 1 rings (SSSR count). The van der Waals surface area contributed by atoms with Crippen LogP contribution < -0.4 is 5.32 Å². The van der Waals surface area contributed by atoms with Crippen LogP contribution >= 0.6 is 0 Å². The average molecular weight is 299 g/mol. The van der Waals surface area contributed by atoms with E-state index in [1.807, 2.05) is 7.11 Å². The van der Waals surface area contributed by atoms with E-state index in [2.05, 4.69) is 19.2 Å². The lowest BCUT2D eigenvalue weighted by molar-refractivity contribution is 0.0252. The molecule has 1 unspecified atom stereocenters. The highest BCUT2D eigenvalue weighted by molar-refractivity contribution is 4.91. The summed E-state index contributed by atoms with van der Waals surface area (Å²) in [5, 5.41) is 3.61. The maximum absolute atomic E-state index is 5.45. The van der Waals surface area contributed by atoms with Crippen LogP contribution in [-0.4, -0.2) is 40.5 Å². The van der Waals surface area contributed by atoms with Crippen LogP contribution in [-0.2, 0) is 9.47 Å². The number of methoxy groups -OCH3 is 2. The molecular formula is C18H37NO2. The van der Waals surface area contributed by atoms with Gasteiger partial charge in [-0.15, -0.1) is 0 Å². The van der Waals surface area contributed by atoms with Crippen molar-refractivity contribution < 1.29 is 9.47 Å². The van der Waals surface area contributed by atoms with Gasteiger partial charge in [0.05, 0.1) is 6.61 Å². The number of hydrogen-bond donors (Lipinski definition) is 1. The Morgan fingerprint density at radius 2 is 1.90 bits per heavy atom. The lowest BCUT2D eigenvalue weighted by atomic mass is 9.63. The van der Waals surface area contributed by atoms with Crippen molar-refractivity contribution in [2.75, 3.05) is 40.5 Å². The molecule has 21 heavy (non-hydrogen) atoms. The summed E-state index contributed by atoms with van der Waals surface area (Å²) in [6.07, 6.45) is 9.68. The van der Waals surface area contributed by atoms with Crippen molar-refractivity contribution in [2.45, 2.75) is 58.8 Å². The van der Waals surface area contributed by atoms with Crippen LogP contribution in [0.4, 0.5) is 0 Å². The van der Waals surface area contributed by atoms with E-state index in [0.29, 0.717) is 11.3 Å². The number of unbranched alkanes of at least 4 members (excludes halogenated alkanes) is 1. The van der Waals surface area contributed by atoms with Crippen LogP contribution in [0.25, 0.3) is 0 Å². The van der Waals surface area contributed by atoms with E-state index in [-0.39, 0.29) is 0 Å². The third-order valence-electron chi connectivity index (χ3n) is 5.49. The minimum Gasteiger partial charge on any atom is -0.384 e. The summed E-state index contributed by atoms with van der Waals surface area (Å²) in [5.41, 5.74) is 0.423. The summed E-state index contributed by atoms with van der Waals surface area (Å²) >= 11 is 0. The van der Waals surface area contributed by atoms with Crippen molar-refractivity contribution in [3.05, 3.63) is 0 Å². The van der Waals surface area contributed by atoms with E-state index in [1.165, 1.54) is 44.9 Å². The topological polar surface area (TPSA) is 30.5 Å². The van der Waals surface area contributed by atoms with E-state index in [0.717, 1.165) is 32.2 Å². The monoisotopic (exact) mass is 299 g/mol. The van der Waals surface area contributed by atoms with Crippen molar-refractivity contribution in [3.8, 4) is 0 Å². The molecule has 1 N–H and O–H groups in total. The summed E-state index contributed by atoms with van der Waals surface area (Å²) in [7, 11) is 3.60. The molecule has 3 heteroatoms. The lowest BCUT2D eigenvalue weighted by Gasteiger charge is -2.45. The first-order valence-corrected chi connectivity index (χ1v) is 8.87. The summed E-state index contributed by atoms with van der Waals surface area (Å²) in [6.45, 7) is 8.42. The molecule has 0 aliphatic heterocycles. The first-order chi connectivity index (χ1) is 10.2. The number of ether oxygens (including phenoxy) is 2. The second-order valence-electron chi connectivity index (χ2n) is 6.97. The minimum absolute atomic E-state index is 0.423. The molecule has 1 aliphatic carbocycles. The molecular weight excluding hydrogens is 262 g/mol. The van der Waals surface area contributed by atoms with Crippen LogP contribution in [0.15, 0.2) is 0 Å². The highest BCUT2D eigenvalue weighted by atomic mass is 16.5. The maximum atomic E-state index is 5.45. The van der Waals surface area contributed by atoms with Gasteiger partial charge in [0, 0.05) is 33.9 Å². The van der Waals surface area contributed by atoms with Crippen molar-refractivity contribution >= 4 is 0 Å². The molecule has 1 saturated carbocycles.